The minimum absolute atomic E-state index is 0.0850. The van der Waals surface area contributed by atoms with Gasteiger partial charge in [-0.1, -0.05) is 19.3 Å². The first-order chi connectivity index (χ1) is 10.8. The summed E-state index contributed by atoms with van der Waals surface area (Å²) in [6.07, 6.45) is 6.77. The van der Waals surface area contributed by atoms with E-state index in [4.69, 9.17) is 9.47 Å². The van der Waals surface area contributed by atoms with E-state index in [1.54, 1.807) is 0 Å². The Morgan fingerprint density at radius 1 is 1.09 bits per heavy atom. The molecule has 5 nitrogen and oxygen atoms in total. The molecule has 0 aliphatic carbocycles. The van der Waals surface area contributed by atoms with Gasteiger partial charge in [-0.3, -0.25) is 4.79 Å². The molecule has 1 aliphatic rings. The van der Waals surface area contributed by atoms with Gasteiger partial charge in [0.2, 0.25) is 0 Å². The molecule has 5 heteroatoms. The molecule has 134 valence electrons. The number of amides is 1. The van der Waals surface area contributed by atoms with Crippen LogP contribution in [-0.2, 0) is 14.3 Å². The lowest BCUT2D eigenvalue weighted by Crippen LogP contribution is -2.41. The number of likely N-dealkylation sites (tertiary alicyclic amines) is 1. The lowest BCUT2D eigenvalue weighted by Gasteiger charge is -2.33. The number of hydrogen-bond donors (Lipinski definition) is 0. The summed E-state index contributed by atoms with van der Waals surface area (Å²) in [6, 6.07) is 0. The first-order valence-corrected chi connectivity index (χ1v) is 8.95. The summed E-state index contributed by atoms with van der Waals surface area (Å²) in [5, 5.41) is 0. The minimum Gasteiger partial charge on any atom is -0.466 e. The molecule has 1 aliphatic heterocycles. The lowest BCUT2D eigenvalue weighted by atomic mass is 9.91. The number of carbonyl (C=O) groups is 2. The van der Waals surface area contributed by atoms with Crippen LogP contribution in [0.4, 0.5) is 4.79 Å². The Morgan fingerprint density at radius 2 is 1.74 bits per heavy atom. The molecule has 0 atom stereocenters. The second kappa shape index (κ2) is 9.78. The predicted molar refractivity (Wildman–Crippen MR) is 90.2 cm³/mol. The lowest BCUT2D eigenvalue weighted by molar-refractivity contribution is -0.143. The van der Waals surface area contributed by atoms with Crippen LogP contribution >= 0.6 is 0 Å². The van der Waals surface area contributed by atoms with Crippen LogP contribution in [0.5, 0.6) is 0 Å². The Bertz CT molecular complexity index is 368. The zero-order chi connectivity index (χ0) is 17.3. The van der Waals surface area contributed by atoms with Crippen LogP contribution in [0, 0.1) is 5.92 Å². The van der Waals surface area contributed by atoms with Crippen molar-refractivity contribution >= 4 is 12.1 Å². The molecule has 0 N–H and O–H groups in total. The van der Waals surface area contributed by atoms with Crippen molar-refractivity contribution < 1.29 is 19.1 Å². The maximum absolute atomic E-state index is 12.0. The Kier molecular flexibility index (Phi) is 8.42. The van der Waals surface area contributed by atoms with Crippen LogP contribution in [0.15, 0.2) is 0 Å². The molecule has 0 radical (unpaired) electrons. The summed E-state index contributed by atoms with van der Waals surface area (Å²) >= 11 is 0. The van der Waals surface area contributed by atoms with E-state index < -0.39 is 5.60 Å². The van der Waals surface area contributed by atoms with Crippen LogP contribution < -0.4 is 0 Å². The Labute approximate surface area is 140 Å². The minimum atomic E-state index is -0.424. The van der Waals surface area contributed by atoms with Crippen LogP contribution in [-0.4, -0.2) is 42.3 Å². The number of piperidine rings is 1. The molecule has 1 saturated heterocycles. The molecule has 0 aromatic rings. The Hall–Kier alpha value is -1.26. The molecule has 1 rings (SSSR count). The number of esters is 1. The molecule has 0 spiro atoms. The number of nitrogens with zero attached hydrogens (tertiary/aromatic N) is 1. The van der Waals surface area contributed by atoms with E-state index >= 15 is 0 Å². The van der Waals surface area contributed by atoms with Gasteiger partial charge in [0, 0.05) is 19.5 Å². The fourth-order valence-electron chi connectivity index (χ4n) is 2.84. The second-order valence-corrected chi connectivity index (χ2v) is 7.32. The topological polar surface area (TPSA) is 55.8 Å². The number of carbonyl (C=O) groups excluding carboxylic acids is 2. The van der Waals surface area contributed by atoms with Crippen molar-refractivity contribution in [2.24, 2.45) is 5.92 Å². The highest BCUT2D eigenvalue weighted by Crippen LogP contribution is 2.24. The summed E-state index contributed by atoms with van der Waals surface area (Å²) in [5.41, 5.74) is -0.424. The molecule has 1 fully saturated rings. The summed E-state index contributed by atoms with van der Waals surface area (Å²) < 4.78 is 10.3. The van der Waals surface area contributed by atoms with E-state index in [1.807, 2.05) is 32.6 Å². The third-order valence-corrected chi connectivity index (χ3v) is 4.06. The van der Waals surface area contributed by atoms with Crippen molar-refractivity contribution in [1.29, 1.82) is 0 Å². The van der Waals surface area contributed by atoms with Gasteiger partial charge in [-0.25, -0.2) is 4.79 Å². The van der Waals surface area contributed by atoms with Gasteiger partial charge < -0.3 is 14.4 Å². The van der Waals surface area contributed by atoms with Gasteiger partial charge >= 0.3 is 12.1 Å². The standard InChI is InChI=1S/C18H33NO4/c1-5-22-16(20)10-8-6-7-9-15-11-13-19(14-12-15)17(21)23-18(2,3)4/h15H,5-14H2,1-4H3. The van der Waals surface area contributed by atoms with Crippen molar-refractivity contribution in [3.63, 3.8) is 0 Å². The molecule has 0 saturated carbocycles. The van der Waals surface area contributed by atoms with Gasteiger partial charge in [0.1, 0.15) is 5.60 Å². The average molecular weight is 327 g/mol. The van der Waals surface area contributed by atoms with Crippen molar-refractivity contribution in [2.45, 2.75) is 78.2 Å². The molecule has 0 unspecified atom stereocenters. The van der Waals surface area contributed by atoms with E-state index in [9.17, 15) is 9.59 Å². The van der Waals surface area contributed by atoms with E-state index in [0.717, 1.165) is 45.2 Å². The molecule has 0 bridgehead atoms. The van der Waals surface area contributed by atoms with Crippen LogP contribution in [0.1, 0.15) is 72.6 Å². The highest BCUT2D eigenvalue weighted by molar-refractivity contribution is 5.69. The average Bonchev–Trinajstić information content (AvgIpc) is 2.46. The monoisotopic (exact) mass is 327 g/mol. The molecular formula is C18H33NO4. The van der Waals surface area contributed by atoms with Crippen molar-refractivity contribution in [3.05, 3.63) is 0 Å². The fraction of sp³-hybridized carbons (Fsp3) is 0.889. The highest BCUT2D eigenvalue weighted by atomic mass is 16.6. The van der Waals surface area contributed by atoms with Gasteiger partial charge in [0.05, 0.1) is 6.61 Å². The van der Waals surface area contributed by atoms with Gasteiger partial charge in [-0.05, 0) is 52.9 Å². The number of unbranched alkanes of at least 4 members (excludes halogenated alkanes) is 2. The van der Waals surface area contributed by atoms with Crippen molar-refractivity contribution in [1.82, 2.24) is 4.90 Å². The maximum atomic E-state index is 12.0. The largest absolute Gasteiger partial charge is 0.466 e. The zero-order valence-corrected chi connectivity index (χ0v) is 15.2. The third kappa shape index (κ3) is 8.82. The molecule has 23 heavy (non-hydrogen) atoms. The van der Waals surface area contributed by atoms with Gasteiger partial charge in [0.15, 0.2) is 0 Å². The summed E-state index contributed by atoms with van der Waals surface area (Å²) in [7, 11) is 0. The van der Waals surface area contributed by atoms with Crippen molar-refractivity contribution in [3.8, 4) is 0 Å². The molecule has 1 amide bonds. The van der Waals surface area contributed by atoms with E-state index in [2.05, 4.69) is 0 Å². The second-order valence-electron chi connectivity index (χ2n) is 7.32. The summed E-state index contributed by atoms with van der Waals surface area (Å²) in [4.78, 5) is 25.1. The quantitative estimate of drug-likeness (QED) is 0.521. The molecule has 0 aromatic carbocycles. The van der Waals surface area contributed by atoms with Crippen LogP contribution in [0.25, 0.3) is 0 Å². The predicted octanol–water partition coefficient (Wildman–Crippen LogP) is 4.15. The number of rotatable bonds is 7. The van der Waals surface area contributed by atoms with E-state index in [-0.39, 0.29) is 12.1 Å². The van der Waals surface area contributed by atoms with Gasteiger partial charge in [0.25, 0.3) is 0 Å². The molecule has 0 aromatic heterocycles. The van der Waals surface area contributed by atoms with Gasteiger partial charge in [-0.2, -0.15) is 0 Å². The Balaban J connectivity index is 2.10. The van der Waals surface area contributed by atoms with Crippen LogP contribution in [0.3, 0.4) is 0 Å². The van der Waals surface area contributed by atoms with Gasteiger partial charge in [-0.15, -0.1) is 0 Å². The fourth-order valence-corrected chi connectivity index (χ4v) is 2.84. The molecular weight excluding hydrogens is 294 g/mol. The smallest absolute Gasteiger partial charge is 0.410 e. The normalized spacial score (nSPS) is 16.3. The third-order valence-electron chi connectivity index (χ3n) is 4.06. The zero-order valence-electron chi connectivity index (χ0n) is 15.2. The number of ether oxygens (including phenoxy) is 2. The van der Waals surface area contributed by atoms with Crippen LogP contribution in [0.2, 0.25) is 0 Å². The summed E-state index contributed by atoms with van der Waals surface area (Å²) in [5.74, 6) is 0.606. The highest BCUT2D eigenvalue weighted by Gasteiger charge is 2.26. The number of hydrogen-bond acceptors (Lipinski definition) is 4. The van der Waals surface area contributed by atoms with E-state index in [0.29, 0.717) is 18.9 Å². The SMILES string of the molecule is CCOC(=O)CCCCCC1CCN(C(=O)OC(C)(C)C)CC1. The Morgan fingerprint density at radius 3 is 2.30 bits per heavy atom. The van der Waals surface area contributed by atoms with Crippen molar-refractivity contribution in [2.75, 3.05) is 19.7 Å². The molecule has 1 heterocycles. The first-order valence-electron chi connectivity index (χ1n) is 8.95. The maximum Gasteiger partial charge on any atom is 0.410 e. The first kappa shape index (κ1) is 19.8. The summed E-state index contributed by atoms with van der Waals surface area (Å²) in [6.45, 7) is 9.58. The van der Waals surface area contributed by atoms with E-state index in [1.165, 1.54) is 6.42 Å².